The van der Waals surface area contributed by atoms with E-state index in [4.69, 9.17) is 4.74 Å². The van der Waals surface area contributed by atoms with E-state index in [0.29, 0.717) is 5.75 Å². The van der Waals surface area contributed by atoms with Crippen molar-refractivity contribution in [3.8, 4) is 11.5 Å². The number of benzene rings is 3. The number of likely N-dealkylation sites (tertiary alicyclic amines) is 1. The molecule has 1 fully saturated rings. The monoisotopic (exact) mass is 549 g/mol. The molecule has 4 aromatic rings. The Morgan fingerprint density at radius 1 is 1.05 bits per heavy atom. The highest BCUT2D eigenvalue weighted by Crippen LogP contribution is 2.32. The van der Waals surface area contributed by atoms with E-state index in [2.05, 4.69) is 15.2 Å². The van der Waals surface area contributed by atoms with Crippen LogP contribution in [0.5, 0.6) is 11.5 Å². The smallest absolute Gasteiger partial charge is 0.293 e. The van der Waals surface area contributed by atoms with E-state index in [0.717, 1.165) is 42.9 Å². The van der Waals surface area contributed by atoms with Crippen LogP contribution in [0, 0.1) is 10.1 Å². The first-order valence-corrected chi connectivity index (χ1v) is 13.8. The minimum Gasteiger partial charge on any atom is -0.456 e. The van der Waals surface area contributed by atoms with Crippen LogP contribution in [0.15, 0.2) is 77.8 Å². The number of aromatic nitrogens is 1. The molecule has 12 heteroatoms. The Balaban J connectivity index is 1.37. The molecule has 3 aromatic carbocycles. The van der Waals surface area contributed by atoms with Crippen molar-refractivity contribution in [1.29, 1.82) is 0 Å². The lowest BCUT2D eigenvalue weighted by Gasteiger charge is -2.30. The van der Waals surface area contributed by atoms with Gasteiger partial charge in [0.05, 0.1) is 15.4 Å². The Morgan fingerprint density at radius 3 is 2.56 bits per heavy atom. The van der Waals surface area contributed by atoms with Crippen molar-refractivity contribution >= 4 is 38.2 Å². The molecule has 0 spiro atoms. The van der Waals surface area contributed by atoms with Crippen molar-refractivity contribution in [3.63, 3.8) is 0 Å². The predicted molar refractivity (Wildman–Crippen MR) is 147 cm³/mol. The summed E-state index contributed by atoms with van der Waals surface area (Å²) < 4.78 is 34.2. The summed E-state index contributed by atoms with van der Waals surface area (Å²) in [6.45, 7) is 1.71. The second kappa shape index (κ2) is 10.8. The van der Waals surface area contributed by atoms with Gasteiger partial charge in [0.2, 0.25) is 0 Å². The first-order valence-electron chi connectivity index (χ1n) is 12.3. The maximum absolute atomic E-state index is 13.1. The third kappa shape index (κ3) is 5.71. The Labute approximate surface area is 225 Å². The highest BCUT2D eigenvalue weighted by Gasteiger charge is 2.26. The fraction of sp³-hybridized carbons (Fsp3) is 0.222. The fourth-order valence-electron chi connectivity index (χ4n) is 4.57. The molecule has 3 N–H and O–H groups in total. The Hall–Kier alpha value is -4.42. The number of amides is 1. The minimum atomic E-state index is -4.44. The van der Waals surface area contributed by atoms with Gasteiger partial charge in [-0.2, -0.15) is 0 Å². The molecular weight excluding hydrogens is 522 g/mol. The lowest BCUT2D eigenvalue weighted by atomic mass is 10.1. The summed E-state index contributed by atoms with van der Waals surface area (Å²) in [7, 11) is -2.42. The number of nitro groups is 1. The van der Waals surface area contributed by atoms with E-state index in [1.165, 1.54) is 18.2 Å². The number of hydrogen-bond donors (Lipinski definition) is 3. The summed E-state index contributed by atoms with van der Waals surface area (Å²) >= 11 is 0. The number of nitro benzene ring substituents is 1. The van der Waals surface area contributed by atoms with Gasteiger partial charge in [-0.05, 0) is 75.4 Å². The number of anilines is 1. The number of carbonyl (C=O) groups is 1. The molecule has 1 amide bonds. The molecule has 5 rings (SSSR count). The van der Waals surface area contributed by atoms with E-state index in [9.17, 15) is 23.3 Å². The third-order valence-electron chi connectivity index (χ3n) is 6.69. The topological polar surface area (TPSA) is 147 Å². The van der Waals surface area contributed by atoms with E-state index in [1.54, 1.807) is 36.5 Å². The fourth-order valence-corrected chi connectivity index (χ4v) is 5.55. The van der Waals surface area contributed by atoms with Gasteiger partial charge >= 0.3 is 0 Å². The third-order valence-corrected chi connectivity index (χ3v) is 8.02. The zero-order chi connectivity index (χ0) is 27.6. The standard InChI is InChI=1S/C27H27N5O6S/c1-31-15-12-18(13-16-31)29-23-10-9-19(17-24(23)32(34)35)39(36,37)30-27(33)21-5-2-3-7-26(21)38-25-8-4-6-22-20(25)11-14-28-22/h2-11,14,17-18,28-29H,12-13,15-16H2,1H3,(H,30,33). The molecule has 0 atom stereocenters. The van der Waals surface area contributed by atoms with Gasteiger partial charge in [0.1, 0.15) is 17.2 Å². The van der Waals surface area contributed by atoms with Crippen LogP contribution in [0.3, 0.4) is 0 Å². The van der Waals surface area contributed by atoms with Gasteiger partial charge < -0.3 is 19.9 Å². The SMILES string of the molecule is CN1CCC(Nc2ccc(S(=O)(=O)NC(=O)c3ccccc3Oc3cccc4[nH]ccc34)cc2[N+](=O)[O-])CC1. The highest BCUT2D eigenvalue weighted by molar-refractivity contribution is 7.90. The van der Waals surface area contributed by atoms with Crippen LogP contribution < -0.4 is 14.8 Å². The van der Waals surface area contributed by atoms with Crippen molar-refractivity contribution in [3.05, 3.63) is 88.6 Å². The van der Waals surface area contributed by atoms with E-state index >= 15 is 0 Å². The lowest BCUT2D eigenvalue weighted by molar-refractivity contribution is -0.384. The first-order chi connectivity index (χ1) is 18.7. The van der Waals surface area contributed by atoms with Crippen molar-refractivity contribution in [2.24, 2.45) is 0 Å². The van der Waals surface area contributed by atoms with Crippen molar-refractivity contribution in [2.45, 2.75) is 23.8 Å². The molecule has 1 aliphatic rings. The van der Waals surface area contributed by atoms with Crippen molar-refractivity contribution in [1.82, 2.24) is 14.6 Å². The Kier molecular flexibility index (Phi) is 7.22. The van der Waals surface area contributed by atoms with Gasteiger partial charge in [-0.25, -0.2) is 13.1 Å². The maximum atomic E-state index is 13.1. The van der Waals surface area contributed by atoms with Crippen LogP contribution in [0.1, 0.15) is 23.2 Å². The number of nitrogens with zero attached hydrogens (tertiary/aromatic N) is 2. The van der Waals surface area contributed by atoms with E-state index in [-0.39, 0.29) is 28.7 Å². The number of piperidine rings is 1. The number of carbonyl (C=O) groups excluding carboxylic acids is 1. The summed E-state index contributed by atoms with van der Waals surface area (Å²) in [5.74, 6) is -0.286. The van der Waals surface area contributed by atoms with Crippen molar-refractivity contribution in [2.75, 3.05) is 25.5 Å². The summed E-state index contributed by atoms with van der Waals surface area (Å²) in [6, 6.07) is 17.1. The normalized spacial score (nSPS) is 14.7. The molecule has 1 aliphatic heterocycles. The minimum absolute atomic E-state index is 0.0105. The molecule has 0 unspecified atom stereocenters. The summed E-state index contributed by atoms with van der Waals surface area (Å²) in [6.07, 6.45) is 3.38. The summed E-state index contributed by atoms with van der Waals surface area (Å²) in [4.78, 5) is 29.1. The summed E-state index contributed by atoms with van der Waals surface area (Å²) in [5, 5.41) is 15.7. The van der Waals surface area contributed by atoms with Crippen LogP contribution in [0.25, 0.3) is 10.9 Å². The average molecular weight is 550 g/mol. The predicted octanol–water partition coefficient (Wildman–Crippen LogP) is 4.49. The van der Waals surface area contributed by atoms with Crippen molar-refractivity contribution < 1.29 is 22.9 Å². The number of fused-ring (bicyclic) bond motifs is 1. The molecule has 0 aliphatic carbocycles. The average Bonchev–Trinajstić information content (AvgIpc) is 3.40. The molecule has 1 aromatic heterocycles. The van der Waals surface area contributed by atoms with Gasteiger partial charge in [0, 0.05) is 29.2 Å². The van der Waals surface area contributed by atoms with Crippen LogP contribution in [0.2, 0.25) is 0 Å². The number of hydrogen-bond acceptors (Lipinski definition) is 8. The second-order valence-electron chi connectivity index (χ2n) is 9.39. The molecule has 202 valence electrons. The number of para-hydroxylation sites is 1. The summed E-state index contributed by atoms with van der Waals surface area (Å²) in [5.41, 5.74) is 0.682. The lowest BCUT2D eigenvalue weighted by Crippen LogP contribution is -2.36. The number of ether oxygens (including phenoxy) is 1. The molecule has 0 radical (unpaired) electrons. The van der Waals surface area contributed by atoms with Gasteiger partial charge in [0.15, 0.2) is 0 Å². The molecule has 1 saturated heterocycles. The highest BCUT2D eigenvalue weighted by atomic mass is 32.2. The van der Waals surface area contributed by atoms with E-state index < -0.39 is 25.7 Å². The van der Waals surface area contributed by atoms with Crippen LogP contribution in [0.4, 0.5) is 11.4 Å². The zero-order valence-electron chi connectivity index (χ0n) is 21.1. The number of nitrogens with one attached hydrogen (secondary N) is 3. The van der Waals surface area contributed by atoms with Gasteiger partial charge in [0.25, 0.3) is 21.6 Å². The number of sulfonamides is 1. The Morgan fingerprint density at radius 2 is 1.79 bits per heavy atom. The molecule has 2 heterocycles. The number of H-pyrrole nitrogens is 1. The largest absolute Gasteiger partial charge is 0.456 e. The molecule has 0 saturated carbocycles. The van der Waals surface area contributed by atoms with Gasteiger partial charge in [-0.15, -0.1) is 0 Å². The van der Waals surface area contributed by atoms with Gasteiger partial charge in [-0.3, -0.25) is 14.9 Å². The quantitative estimate of drug-likeness (QED) is 0.215. The Bertz CT molecular complexity index is 1640. The molecule has 11 nitrogen and oxygen atoms in total. The van der Waals surface area contributed by atoms with Crippen LogP contribution in [-0.2, 0) is 10.0 Å². The first kappa shape index (κ1) is 26.2. The molecular formula is C27H27N5O6S. The number of aromatic amines is 1. The zero-order valence-corrected chi connectivity index (χ0v) is 21.9. The van der Waals surface area contributed by atoms with Crippen LogP contribution >= 0.6 is 0 Å². The molecule has 39 heavy (non-hydrogen) atoms. The molecule has 0 bridgehead atoms. The van der Waals surface area contributed by atoms with Gasteiger partial charge in [-0.1, -0.05) is 18.2 Å². The maximum Gasteiger partial charge on any atom is 0.293 e. The van der Waals surface area contributed by atoms with Crippen LogP contribution in [-0.4, -0.2) is 55.3 Å². The van der Waals surface area contributed by atoms with E-state index in [1.807, 2.05) is 23.9 Å². The number of rotatable bonds is 8. The second-order valence-corrected chi connectivity index (χ2v) is 11.1.